The van der Waals surface area contributed by atoms with Gasteiger partial charge >= 0.3 is 5.97 Å². The number of benzene rings is 1. The minimum absolute atomic E-state index is 0.0328. The number of aliphatic hydroxyl groups is 1. The van der Waals surface area contributed by atoms with Crippen LogP contribution in [-0.2, 0) is 59.2 Å². The Morgan fingerprint density at radius 3 is 1.81 bits per heavy atom. The van der Waals surface area contributed by atoms with Gasteiger partial charge in [-0.25, -0.2) is 4.79 Å². The standard InChI is InChI=1S/C53H86N14O14S2/c1-6-10-33(44(72)64-38(26-83)52(80)81)61-49(77)42(28(5)7-2)65-48(76)40-23-31(69)24-67(40)51(79)39-12-9-20-66(39)50(78)37(21-27(3)4)63-47(75)36(22-29-13-15-30(68)16-14-29)62-46(74)35(17-18-41(55)70)60-45(73)34(11-8-19-58-53(56)57)59-43(71)32(54)25-82/h13-16,27-28,31-40,42,68-69,82-83H,6-12,17-26,54H2,1-5H3,(H2,55,70)(H,59,71)(H,60,73)(H,61,77)(H,62,74)(H,63,75)(H,64,72)(H,65,76)(H,80,81)(H4,56,57,58)/t28-,31+,32-,33-,34-,35-,36-,37-,38-,39-,40-,42-/m0/s1. The molecule has 0 radical (unpaired) electrons. The van der Waals surface area contributed by atoms with Gasteiger partial charge in [0.05, 0.1) is 12.1 Å². The van der Waals surface area contributed by atoms with Gasteiger partial charge in [-0.05, 0) is 74.5 Å². The Kier molecular flexibility index (Phi) is 29.3. The third-order valence-corrected chi connectivity index (χ3v) is 15.0. The second-order valence-corrected chi connectivity index (χ2v) is 22.1. The number of phenolic OH excluding ortho intramolecular Hbond substituents is 1. The molecule has 0 saturated carbocycles. The number of aliphatic imine (C=N–C) groups is 1. The first-order valence-electron chi connectivity index (χ1n) is 27.9. The van der Waals surface area contributed by atoms with Crippen LogP contribution in [0.4, 0.5) is 0 Å². The zero-order chi connectivity index (χ0) is 62.2. The minimum Gasteiger partial charge on any atom is -0.508 e. The molecule has 18 N–H and O–H groups in total. The average Bonchev–Trinajstić information content (AvgIpc) is 4.24. The van der Waals surface area contributed by atoms with Crippen molar-refractivity contribution in [2.45, 2.75) is 178 Å². The number of phenols is 1. The number of amides is 10. The van der Waals surface area contributed by atoms with E-state index in [1.165, 1.54) is 29.2 Å². The van der Waals surface area contributed by atoms with Crippen LogP contribution < -0.4 is 60.2 Å². The van der Waals surface area contributed by atoms with E-state index in [-0.39, 0.29) is 100 Å². The number of aliphatic carboxylic acids is 1. The van der Waals surface area contributed by atoms with Crippen LogP contribution in [-0.4, -0.2) is 194 Å². The maximum atomic E-state index is 14.8. The van der Waals surface area contributed by atoms with Crippen molar-refractivity contribution in [3.8, 4) is 5.75 Å². The molecule has 2 heterocycles. The summed E-state index contributed by atoms with van der Waals surface area (Å²) < 4.78 is 0. The molecule has 1 aromatic carbocycles. The van der Waals surface area contributed by atoms with Crippen molar-refractivity contribution in [2.75, 3.05) is 31.1 Å². The summed E-state index contributed by atoms with van der Waals surface area (Å²) in [7, 11) is 0. The third-order valence-electron chi connectivity index (χ3n) is 14.2. The summed E-state index contributed by atoms with van der Waals surface area (Å²) in [5.41, 5.74) is 22.6. The first-order chi connectivity index (χ1) is 39.1. The molecule has 10 amide bonds. The molecule has 30 heteroatoms. The number of carboxylic acids is 1. The van der Waals surface area contributed by atoms with Crippen molar-refractivity contribution in [2.24, 2.45) is 39.8 Å². The van der Waals surface area contributed by atoms with Gasteiger partial charge in [-0.1, -0.05) is 59.6 Å². The Bertz CT molecular complexity index is 2450. The highest BCUT2D eigenvalue weighted by Crippen LogP contribution is 2.27. The number of hydrogen-bond donors (Lipinski definition) is 16. The Morgan fingerprint density at radius 2 is 1.25 bits per heavy atom. The van der Waals surface area contributed by atoms with Gasteiger partial charge in [-0.15, -0.1) is 0 Å². The Balaban J connectivity index is 1.93. The number of carboxylic acid groups (broad SMARTS) is 1. The topological polar surface area (TPSA) is 456 Å². The number of hydrogen-bond acceptors (Lipinski definition) is 17. The van der Waals surface area contributed by atoms with E-state index in [1.54, 1.807) is 34.6 Å². The molecule has 2 aliphatic heterocycles. The van der Waals surface area contributed by atoms with Crippen molar-refractivity contribution < 1.29 is 68.1 Å². The molecule has 2 fully saturated rings. The highest BCUT2D eigenvalue weighted by Gasteiger charge is 2.47. The van der Waals surface area contributed by atoms with Gasteiger partial charge in [0.1, 0.15) is 60.1 Å². The lowest BCUT2D eigenvalue weighted by atomic mass is 9.97. The third kappa shape index (κ3) is 22.3. The predicted molar refractivity (Wildman–Crippen MR) is 312 cm³/mol. The van der Waals surface area contributed by atoms with Gasteiger partial charge in [0.25, 0.3) is 0 Å². The van der Waals surface area contributed by atoms with E-state index < -0.39 is 144 Å². The summed E-state index contributed by atoms with van der Waals surface area (Å²) in [4.78, 5) is 157. The molecular formula is C53H86N14O14S2. The molecule has 0 unspecified atom stereocenters. The maximum Gasteiger partial charge on any atom is 0.327 e. The molecule has 2 saturated heterocycles. The SMILES string of the molecule is CCC[C@H](NC(=O)[C@@H](NC(=O)[C@@H]1C[C@@H](O)CN1C(=O)[C@@H]1CCCN1C(=O)[C@H](CC(C)C)NC(=O)[C@H](Cc1ccc(O)cc1)NC(=O)[C@H](CCC(N)=O)NC(=O)[C@H](CCCN=C(N)N)NC(=O)[C@@H](N)CS)[C@@H](C)CC)C(=O)N[C@@H](CS)C(=O)O. The van der Waals surface area contributed by atoms with Gasteiger partial charge in [0.15, 0.2) is 5.96 Å². The molecule has 12 atom stereocenters. The fourth-order valence-corrected chi connectivity index (χ4v) is 9.90. The summed E-state index contributed by atoms with van der Waals surface area (Å²) >= 11 is 8.04. The summed E-state index contributed by atoms with van der Waals surface area (Å²) in [5, 5.41) is 48.7. The van der Waals surface area contributed by atoms with E-state index in [1.807, 2.05) is 0 Å². The Hall–Kier alpha value is -6.92. The highest BCUT2D eigenvalue weighted by atomic mass is 32.1. The molecule has 0 spiro atoms. The van der Waals surface area contributed by atoms with Crippen molar-refractivity contribution in [3.63, 3.8) is 0 Å². The molecule has 28 nitrogen and oxygen atoms in total. The number of primary amides is 1. The van der Waals surface area contributed by atoms with Crippen LogP contribution in [0.2, 0.25) is 0 Å². The van der Waals surface area contributed by atoms with Gasteiger partial charge in [0, 0.05) is 50.4 Å². The molecule has 464 valence electrons. The number of guanidine groups is 1. The number of nitrogens with zero attached hydrogens (tertiary/aromatic N) is 3. The number of nitrogens with two attached hydrogens (primary N) is 4. The van der Waals surface area contributed by atoms with Crippen LogP contribution in [0, 0.1) is 11.8 Å². The molecule has 1 aromatic rings. The van der Waals surface area contributed by atoms with Gasteiger partial charge in [0.2, 0.25) is 59.1 Å². The number of nitrogens with one attached hydrogen (secondary N) is 7. The van der Waals surface area contributed by atoms with Gasteiger partial charge < -0.3 is 85.3 Å². The van der Waals surface area contributed by atoms with Crippen molar-refractivity contribution in [3.05, 3.63) is 29.8 Å². The number of carbonyl (C=O) groups is 11. The number of aliphatic hydroxyl groups excluding tert-OH is 1. The van der Waals surface area contributed by atoms with E-state index in [4.69, 9.17) is 22.9 Å². The quantitative estimate of drug-likeness (QED) is 0.0140. The molecule has 0 aromatic heterocycles. The summed E-state index contributed by atoms with van der Waals surface area (Å²) in [5.74, 6) is -10.6. The number of aromatic hydroxyl groups is 1. The number of β-amino-alcohol motifs (C(OH)–C–C–N with tert-alkyl or cyclic N) is 1. The van der Waals surface area contributed by atoms with E-state index >= 15 is 0 Å². The van der Waals surface area contributed by atoms with E-state index in [9.17, 15) is 68.1 Å². The zero-order valence-electron chi connectivity index (χ0n) is 47.7. The second kappa shape index (κ2) is 34.6. The van der Waals surface area contributed by atoms with Crippen LogP contribution in [0.3, 0.4) is 0 Å². The fraction of sp³-hybridized carbons (Fsp3) is 0.660. The first-order valence-corrected chi connectivity index (χ1v) is 29.2. The number of likely N-dealkylation sites (tertiary alicyclic amines) is 2. The molecule has 2 aliphatic rings. The van der Waals surface area contributed by atoms with Crippen molar-refractivity contribution >= 4 is 96.3 Å². The smallest absolute Gasteiger partial charge is 0.327 e. The molecule has 3 rings (SSSR count). The summed E-state index contributed by atoms with van der Waals surface area (Å²) in [6.07, 6.45) is -0.780. The lowest BCUT2D eigenvalue weighted by Crippen LogP contribution is -2.61. The van der Waals surface area contributed by atoms with E-state index in [0.717, 1.165) is 4.90 Å². The molecule has 0 bridgehead atoms. The first kappa shape index (κ1) is 70.3. The van der Waals surface area contributed by atoms with Crippen LogP contribution in [0.5, 0.6) is 5.75 Å². The van der Waals surface area contributed by atoms with Crippen LogP contribution in [0.1, 0.15) is 111 Å². The fourth-order valence-electron chi connectivity index (χ4n) is 9.49. The molecule has 0 aliphatic carbocycles. The monoisotopic (exact) mass is 1210 g/mol. The van der Waals surface area contributed by atoms with E-state index in [0.29, 0.717) is 24.8 Å². The van der Waals surface area contributed by atoms with Crippen molar-refractivity contribution in [1.29, 1.82) is 0 Å². The Labute approximate surface area is 494 Å². The number of thiol groups is 2. The summed E-state index contributed by atoms with van der Waals surface area (Å²) in [6, 6.07) is -7.26. The Morgan fingerprint density at radius 1 is 0.699 bits per heavy atom. The highest BCUT2D eigenvalue weighted by molar-refractivity contribution is 7.80. The summed E-state index contributed by atoms with van der Waals surface area (Å²) in [6.45, 7) is 8.65. The van der Waals surface area contributed by atoms with Crippen LogP contribution >= 0.6 is 25.3 Å². The number of carbonyl (C=O) groups excluding carboxylic acids is 10. The van der Waals surface area contributed by atoms with Gasteiger partial charge in [-0.2, -0.15) is 25.3 Å². The van der Waals surface area contributed by atoms with Crippen LogP contribution in [0.15, 0.2) is 29.3 Å². The van der Waals surface area contributed by atoms with Gasteiger partial charge in [-0.3, -0.25) is 52.9 Å². The second-order valence-electron chi connectivity index (χ2n) is 21.4. The number of rotatable bonds is 34. The normalized spacial score (nSPS) is 19.0. The lowest BCUT2D eigenvalue weighted by molar-refractivity contribution is -0.148. The maximum absolute atomic E-state index is 14.8. The average molecular weight is 1210 g/mol. The lowest BCUT2D eigenvalue weighted by Gasteiger charge is -2.34. The molecule has 83 heavy (non-hydrogen) atoms. The largest absolute Gasteiger partial charge is 0.508 e. The predicted octanol–water partition coefficient (Wildman–Crippen LogP) is -3.24. The molecular weight excluding hydrogens is 1120 g/mol. The van der Waals surface area contributed by atoms with E-state index in [2.05, 4.69) is 67.5 Å². The zero-order valence-corrected chi connectivity index (χ0v) is 49.5. The van der Waals surface area contributed by atoms with Crippen LogP contribution in [0.25, 0.3) is 0 Å². The van der Waals surface area contributed by atoms with Crippen molar-refractivity contribution in [1.82, 2.24) is 47.0 Å². The minimum atomic E-state index is -1.53.